The molecule has 3 nitrogen and oxygen atoms in total. The normalized spacial score (nSPS) is 27.4. The van der Waals surface area contributed by atoms with Crippen LogP contribution in [0.15, 0.2) is 14.8 Å². The molecule has 20 heavy (non-hydrogen) atoms. The zero-order valence-corrected chi connectivity index (χ0v) is 13.0. The molecule has 10 heteroatoms. The number of rotatable bonds is 2. The molecule has 2 heterocycles. The quantitative estimate of drug-likeness (QED) is 0.786. The first kappa shape index (κ1) is 15.9. The fraction of sp³-hybridized carbons (Fsp3) is 0.500. The lowest BCUT2D eigenvalue weighted by Crippen LogP contribution is -2.42. The Morgan fingerprint density at radius 2 is 2.20 bits per heavy atom. The molecular weight excluding hydrogens is 384 g/mol. The van der Waals surface area contributed by atoms with E-state index in [1.807, 2.05) is 0 Å². The molecule has 0 saturated carbocycles. The maximum atomic E-state index is 13.6. The molecule has 0 spiro atoms. The van der Waals surface area contributed by atoms with Crippen LogP contribution in [0, 0.1) is 5.82 Å². The lowest BCUT2D eigenvalue weighted by Gasteiger charge is -2.25. The van der Waals surface area contributed by atoms with Gasteiger partial charge in [-0.2, -0.15) is 13.2 Å². The van der Waals surface area contributed by atoms with Crippen molar-refractivity contribution in [3.63, 3.8) is 0 Å². The van der Waals surface area contributed by atoms with Crippen molar-refractivity contribution in [3.05, 3.63) is 20.5 Å². The molecule has 1 aromatic rings. The molecular formula is C10H9BrF4N2OS2. The Balaban J connectivity index is 2.26. The van der Waals surface area contributed by atoms with E-state index in [4.69, 9.17) is 5.73 Å². The van der Waals surface area contributed by atoms with Gasteiger partial charge in [-0.1, -0.05) is 0 Å². The highest BCUT2D eigenvalue weighted by atomic mass is 79.9. The minimum Gasteiger partial charge on any atom is -0.386 e. The first-order chi connectivity index (χ1) is 9.17. The molecule has 2 N–H and O–H groups in total. The summed E-state index contributed by atoms with van der Waals surface area (Å²) in [6.07, 6.45) is -5.75. The minimum atomic E-state index is -4.47. The van der Waals surface area contributed by atoms with Crippen molar-refractivity contribution in [2.45, 2.75) is 23.9 Å². The molecule has 3 atom stereocenters. The molecule has 1 aromatic heterocycles. The molecule has 0 bridgehead atoms. The molecule has 1 aliphatic heterocycles. The smallest absolute Gasteiger partial charge is 0.386 e. The van der Waals surface area contributed by atoms with E-state index in [1.165, 1.54) is 6.07 Å². The van der Waals surface area contributed by atoms with Gasteiger partial charge in [-0.05, 0) is 22.0 Å². The van der Waals surface area contributed by atoms with E-state index in [9.17, 15) is 21.8 Å². The molecule has 112 valence electrons. The second-order valence-electron chi connectivity index (χ2n) is 4.19. The van der Waals surface area contributed by atoms with Gasteiger partial charge >= 0.3 is 6.18 Å². The summed E-state index contributed by atoms with van der Waals surface area (Å²) in [4.78, 5) is 4.11. The van der Waals surface area contributed by atoms with Crippen molar-refractivity contribution in [2.75, 3.05) is 5.75 Å². The Morgan fingerprint density at radius 1 is 1.55 bits per heavy atom. The highest BCUT2D eigenvalue weighted by Crippen LogP contribution is 2.36. The van der Waals surface area contributed by atoms with Gasteiger partial charge in [-0.25, -0.2) is 4.39 Å². The summed E-state index contributed by atoms with van der Waals surface area (Å²) in [5.41, 5.74) is 5.49. The van der Waals surface area contributed by atoms with Gasteiger partial charge in [0.1, 0.15) is 22.9 Å². The summed E-state index contributed by atoms with van der Waals surface area (Å²) in [7, 11) is -1.84. The van der Waals surface area contributed by atoms with Crippen LogP contribution in [-0.4, -0.2) is 27.2 Å². The van der Waals surface area contributed by atoms with Crippen molar-refractivity contribution in [1.82, 2.24) is 0 Å². The number of nitrogens with two attached hydrogens (primary N) is 1. The van der Waals surface area contributed by atoms with Crippen molar-refractivity contribution >= 4 is 43.9 Å². The zero-order valence-electron chi connectivity index (χ0n) is 9.79. The molecule has 1 aliphatic rings. The van der Waals surface area contributed by atoms with Crippen LogP contribution >= 0.6 is 27.3 Å². The van der Waals surface area contributed by atoms with E-state index in [1.54, 1.807) is 0 Å². The van der Waals surface area contributed by atoms with Gasteiger partial charge in [0.15, 0.2) is 0 Å². The van der Waals surface area contributed by atoms with Crippen LogP contribution in [0.25, 0.3) is 0 Å². The Bertz CT molecular complexity index is 572. The molecule has 0 radical (unpaired) electrons. The number of thiophene rings is 1. The molecule has 2 rings (SSSR count). The Kier molecular flexibility index (Phi) is 4.55. The number of hydrogen-bond acceptors (Lipinski definition) is 4. The first-order valence-corrected chi connectivity index (χ1v) is 8.38. The lowest BCUT2D eigenvalue weighted by molar-refractivity contribution is -0.132. The molecule has 0 saturated heterocycles. The Labute approximate surface area is 126 Å². The van der Waals surface area contributed by atoms with Gasteiger partial charge in [0.25, 0.3) is 0 Å². The van der Waals surface area contributed by atoms with Crippen LogP contribution in [0.5, 0.6) is 0 Å². The van der Waals surface area contributed by atoms with Crippen LogP contribution in [0.4, 0.5) is 17.6 Å². The number of halogens is 5. The average Bonchev–Trinajstić information content (AvgIpc) is 2.61. The van der Waals surface area contributed by atoms with E-state index in [0.29, 0.717) is 3.79 Å². The van der Waals surface area contributed by atoms with Crippen LogP contribution in [0.3, 0.4) is 0 Å². The maximum absolute atomic E-state index is 13.6. The highest BCUT2D eigenvalue weighted by Gasteiger charge is 2.40. The molecule has 0 aromatic carbocycles. The predicted molar refractivity (Wildman–Crippen MR) is 73.8 cm³/mol. The highest BCUT2D eigenvalue weighted by molar-refractivity contribution is 9.11. The summed E-state index contributed by atoms with van der Waals surface area (Å²) in [6.45, 7) is 0. The van der Waals surface area contributed by atoms with E-state index >= 15 is 0 Å². The first-order valence-electron chi connectivity index (χ1n) is 5.39. The van der Waals surface area contributed by atoms with Gasteiger partial charge < -0.3 is 5.73 Å². The average molecular weight is 393 g/mol. The van der Waals surface area contributed by atoms with Crippen LogP contribution in [0.1, 0.15) is 17.3 Å². The predicted octanol–water partition coefficient (Wildman–Crippen LogP) is 3.13. The SMILES string of the molecule is NC1=NC(c2sc(Br)cc2F)CS(=O)C1CC(F)(F)F. The number of alkyl halides is 3. The largest absolute Gasteiger partial charge is 0.390 e. The van der Waals surface area contributed by atoms with Crippen LogP contribution in [0.2, 0.25) is 0 Å². The maximum Gasteiger partial charge on any atom is 0.390 e. The third-order valence-electron chi connectivity index (χ3n) is 2.68. The minimum absolute atomic E-state index is 0.161. The monoisotopic (exact) mass is 392 g/mol. The van der Waals surface area contributed by atoms with E-state index in [2.05, 4.69) is 20.9 Å². The van der Waals surface area contributed by atoms with E-state index < -0.39 is 40.5 Å². The van der Waals surface area contributed by atoms with Crippen molar-refractivity contribution in [3.8, 4) is 0 Å². The summed E-state index contributed by atoms with van der Waals surface area (Å²) < 4.78 is 63.1. The second-order valence-corrected chi connectivity index (χ2v) is 8.31. The Morgan fingerprint density at radius 3 is 2.65 bits per heavy atom. The van der Waals surface area contributed by atoms with Crippen molar-refractivity contribution in [1.29, 1.82) is 0 Å². The molecule has 3 unspecified atom stereocenters. The van der Waals surface area contributed by atoms with Crippen molar-refractivity contribution < 1.29 is 21.8 Å². The third kappa shape index (κ3) is 3.59. The summed E-state index contributed by atoms with van der Waals surface area (Å²) in [5, 5.41) is -1.35. The topological polar surface area (TPSA) is 55.4 Å². The van der Waals surface area contributed by atoms with Crippen molar-refractivity contribution in [2.24, 2.45) is 10.7 Å². The molecule has 0 aliphatic carbocycles. The fourth-order valence-corrected chi connectivity index (χ4v) is 4.95. The van der Waals surface area contributed by atoms with E-state index in [0.717, 1.165) is 11.3 Å². The number of amidine groups is 1. The van der Waals surface area contributed by atoms with Crippen LogP contribution in [-0.2, 0) is 10.8 Å². The lowest BCUT2D eigenvalue weighted by atomic mass is 10.2. The van der Waals surface area contributed by atoms with Gasteiger partial charge in [0, 0.05) is 10.8 Å². The van der Waals surface area contributed by atoms with E-state index in [-0.39, 0.29) is 16.5 Å². The Hall–Kier alpha value is -0.480. The summed E-state index contributed by atoms with van der Waals surface area (Å²) >= 11 is 4.17. The van der Waals surface area contributed by atoms with Crippen LogP contribution < -0.4 is 5.73 Å². The second kappa shape index (κ2) is 5.72. The third-order valence-corrected chi connectivity index (χ3v) is 6.08. The number of nitrogens with zero attached hydrogens (tertiary/aromatic N) is 1. The van der Waals surface area contributed by atoms with Gasteiger partial charge in [0.05, 0.1) is 20.8 Å². The number of hydrogen-bond donors (Lipinski definition) is 1. The molecule has 0 amide bonds. The standard InChI is InChI=1S/C10H9BrF4N2OS2/c11-7-1-4(12)8(19-7)5-3-20(18)6(9(16)17-5)2-10(13,14)15/h1,5-6H,2-3H2,(H2,16,17). The zero-order chi connectivity index (χ0) is 15.1. The summed E-state index contributed by atoms with van der Waals surface area (Å²) in [5.74, 6) is -1.03. The number of aliphatic imine (C=N–C) groups is 1. The van der Waals surface area contributed by atoms with Gasteiger partial charge in [-0.3, -0.25) is 9.20 Å². The van der Waals surface area contributed by atoms with Gasteiger partial charge in [0.2, 0.25) is 0 Å². The fourth-order valence-electron chi connectivity index (χ4n) is 1.83. The van der Waals surface area contributed by atoms with Gasteiger partial charge in [-0.15, -0.1) is 11.3 Å². The molecule has 0 fully saturated rings. The summed E-state index contributed by atoms with van der Waals surface area (Å²) in [6, 6.07) is 0.438.